The summed E-state index contributed by atoms with van der Waals surface area (Å²) in [5, 5.41) is 42.5. The number of aliphatic carboxylic acids is 3. The lowest BCUT2D eigenvalue weighted by Crippen LogP contribution is -2.50. The van der Waals surface area contributed by atoms with Gasteiger partial charge in [-0.2, -0.15) is 0 Å². The monoisotopic (exact) mass is 842 g/mol. The zero-order chi connectivity index (χ0) is 44.9. The third-order valence-corrected chi connectivity index (χ3v) is 7.09. The minimum absolute atomic E-state index is 0.0272. The highest BCUT2D eigenvalue weighted by Crippen LogP contribution is 1.99. The van der Waals surface area contributed by atoms with Crippen LogP contribution in [-0.2, 0) is 67.1 Å². The van der Waals surface area contributed by atoms with Crippen LogP contribution in [0.5, 0.6) is 0 Å². The van der Waals surface area contributed by atoms with E-state index in [1.807, 2.05) is 5.32 Å². The zero-order valence-corrected chi connectivity index (χ0v) is 32.0. The molecule has 0 aliphatic carbocycles. The summed E-state index contributed by atoms with van der Waals surface area (Å²) in [5.74, 6) is -12.4. The van der Waals surface area contributed by atoms with Crippen LogP contribution in [0.2, 0.25) is 0 Å². The van der Waals surface area contributed by atoms with Gasteiger partial charge < -0.3 is 72.0 Å². The first-order valence-corrected chi connectivity index (χ1v) is 17.5. The van der Waals surface area contributed by atoms with Crippen molar-refractivity contribution in [3.63, 3.8) is 0 Å². The Morgan fingerprint density at radius 3 is 1.14 bits per heavy atom. The Morgan fingerprint density at radius 1 is 0.424 bits per heavy atom. The first-order valence-electron chi connectivity index (χ1n) is 17.5. The van der Waals surface area contributed by atoms with Gasteiger partial charge in [0.25, 0.3) is 0 Å². The molecule has 28 heteroatoms. The topological polar surface area (TPSA) is 394 Å². The standard InChI is InChI=1S/C31H47BN10O17/c32-19(44)3-1-2-4-20(45)36-7-21(46)38-11-28(53)42(17-31(58)59)14-25(50)37-8-22(47)39-10-27(52)41(16-30(56)57)13-24(49)35-6-5-34-23(48)12-40(15-29(54)55)26(51)9-33-18-43/h18H,1-17,32H2,(H,33,43)(H,34,48)(H,35,49)(H,36,45)(H,37,50)(H,38,46)(H,39,47)(H,54,55)(H,56,57)(H,58,59). The molecule has 0 saturated carbocycles. The van der Waals surface area contributed by atoms with Gasteiger partial charge in [-0.1, -0.05) is 0 Å². The van der Waals surface area contributed by atoms with Gasteiger partial charge in [0.05, 0.1) is 38.4 Å². The van der Waals surface area contributed by atoms with Crippen molar-refractivity contribution in [2.24, 2.45) is 0 Å². The highest BCUT2D eigenvalue weighted by Gasteiger charge is 2.23. The van der Waals surface area contributed by atoms with Gasteiger partial charge in [0.2, 0.25) is 59.6 Å². The third kappa shape index (κ3) is 27.1. The molecule has 10 amide bonds. The van der Waals surface area contributed by atoms with E-state index < -0.39 is 143 Å². The number of carboxylic acids is 3. The van der Waals surface area contributed by atoms with Gasteiger partial charge in [0.1, 0.15) is 39.3 Å². The van der Waals surface area contributed by atoms with Crippen molar-refractivity contribution in [2.75, 3.05) is 85.1 Å². The molecule has 0 rings (SSSR count). The number of rotatable bonds is 31. The first-order chi connectivity index (χ1) is 27.7. The van der Waals surface area contributed by atoms with Gasteiger partial charge in [-0.25, -0.2) is 0 Å². The molecule has 0 fully saturated rings. The van der Waals surface area contributed by atoms with E-state index in [0.717, 1.165) is 0 Å². The van der Waals surface area contributed by atoms with Gasteiger partial charge in [0.15, 0.2) is 7.85 Å². The van der Waals surface area contributed by atoms with Gasteiger partial charge >= 0.3 is 17.9 Å². The molecule has 0 aliphatic heterocycles. The normalized spacial score (nSPS) is 10.0. The fourth-order valence-corrected chi connectivity index (χ4v) is 4.32. The lowest BCUT2D eigenvalue weighted by Gasteiger charge is -2.21. The van der Waals surface area contributed by atoms with Crippen molar-refractivity contribution >= 4 is 91.0 Å². The molecule has 0 aromatic rings. The van der Waals surface area contributed by atoms with Crippen LogP contribution < -0.4 is 37.2 Å². The highest BCUT2D eigenvalue weighted by molar-refractivity contribution is 6.57. The van der Waals surface area contributed by atoms with Gasteiger partial charge in [0, 0.05) is 19.5 Å². The summed E-state index contributed by atoms with van der Waals surface area (Å²) in [5.41, 5.74) is -0.0272. The molecule has 59 heavy (non-hydrogen) atoms. The van der Waals surface area contributed by atoms with E-state index in [4.69, 9.17) is 10.2 Å². The van der Waals surface area contributed by atoms with E-state index in [-0.39, 0.29) is 31.6 Å². The second-order valence-corrected chi connectivity index (χ2v) is 12.1. The quantitative estimate of drug-likeness (QED) is 0.0176. The Labute approximate surface area is 336 Å². The van der Waals surface area contributed by atoms with Crippen molar-refractivity contribution in [3.8, 4) is 0 Å². The molecule has 0 spiro atoms. The maximum absolute atomic E-state index is 12.6. The molecule has 0 saturated heterocycles. The Hall–Kier alpha value is -7.16. The fraction of sp³-hybridized carbons (Fsp3) is 0.548. The average Bonchev–Trinajstić information content (AvgIpc) is 3.15. The summed E-state index contributed by atoms with van der Waals surface area (Å²) in [6.45, 7) is -9.15. The largest absolute Gasteiger partial charge is 0.480 e. The number of hydrogen-bond acceptors (Lipinski definition) is 14. The molecule has 10 N–H and O–H groups in total. The van der Waals surface area contributed by atoms with Crippen LogP contribution in [0.4, 0.5) is 0 Å². The fourth-order valence-electron chi connectivity index (χ4n) is 4.32. The number of carbonyl (C=O) groups is 14. The Morgan fingerprint density at radius 2 is 0.763 bits per heavy atom. The lowest BCUT2D eigenvalue weighted by molar-refractivity contribution is -0.146. The number of nitrogens with zero attached hydrogens (tertiary/aromatic N) is 3. The molecule has 27 nitrogen and oxygen atoms in total. The zero-order valence-electron chi connectivity index (χ0n) is 32.0. The molecule has 326 valence electrons. The summed E-state index contributed by atoms with van der Waals surface area (Å²) in [4.78, 5) is 167. The van der Waals surface area contributed by atoms with Crippen molar-refractivity contribution < 1.29 is 82.4 Å². The van der Waals surface area contributed by atoms with Gasteiger partial charge in [-0.3, -0.25) is 62.3 Å². The van der Waals surface area contributed by atoms with E-state index in [1.165, 1.54) is 7.85 Å². The number of carbonyl (C=O) groups excluding carboxylic acids is 11. The van der Waals surface area contributed by atoms with Crippen LogP contribution >= 0.6 is 0 Å². The number of carboxylic acid groups (broad SMARTS) is 3. The predicted molar refractivity (Wildman–Crippen MR) is 197 cm³/mol. The summed E-state index contributed by atoms with van der Waals surface area (Å²) < 4.78 is 0. The molecule has 0 heterocycles. The van der Waals surface area contributed by atoms with Crippen LogP contribution in [0.15, 0.2) is 0 Å². The third-order valence-electron chi connectivity index (χ3n) is 7.09. The molecule has 0 aliphatic rings. The Bertz CT molecular complexity index is 1590. The number of unbranched alkanes of at least 4 members (excludes halogenated alkanes) is 1. The van der Waals surface area contributed by atoms with E-state index in [1.54, 1.807) is 0 Å². The molecular formula is C31H47BN10O17. The molecule has 0 aromatic heterocycles. The van der Waals surface area contributed by atoms with Crippen LogP contribution in [0.1, 0.15) is 25.7 Å². The van der Waals surface area contributed by atoms with Crippen molar-refractivity contribution in [1.82, 2.24) is 51.9 Å². The summed E-state index contributed by atoms with van der Waals surface area (Å²) in [6.07, 6.45) is 1.48. The number of hydrogen-bond donors (Lipinski definition) is 10. The molecule has 0 atom stereocenters. The molecule has 0 unspecified atom stereocenters. The summed E-state index contributed by atoms with van der Waals surface area (Å²) in [6, 6.07) is 0. The predicted octanol–water partition coefficient (Wildman–Crippen LogP) is -9.11. The van der Waals surface area contributed by atoms with Crippen LogP contribution in [0, 0.1) is 0 Å². The highest BCUT2D eigenvalue weighted by atomic mass is 16.4. The maximum Gasteiger partial charge on any atom is 0.323 e. The smallest absolute Gasteiger partial charge is 0.323 e. The Balaban J connectivity index is 4.84. The number of nitrogens with one attached hydrogen (secondary N) is 7. The molecule has 0 radical (unpaired) electrons. The van der Waals surface area contributed by atoms with Crippen molar-refractivity contribution in [3.05, 3.63) is 0 Å². The van der Waals surface area contributed by atoms with E-state index >= 15 is 0 Å². The maximum atomic E-state index is 12.6. The summed E-state index contributed by atoms with van der Waals surface area (Å²) >= 11 is 0. The SMILES string of the molecule is BC(=O)CCCCC(=O)NCC(=O)NCC(=O)N(CC(=O)O)CC(=O)NCC(=O)NCC(=O)N(CC(=O)O)CC(=O)NCCNC(=O)CN(CC(=O)O)C(=O)CNC=O. The average molecular weight is 843 g/mol. The van der Waals surface area contributed by atoms with Crippen LogP contribution in [0.25, 0.3) is 0 Å². The van der Waals surface area contributed by atoms with E-state index in [0.29, 0.717) is 34.0 Å². The van der Waals surface area contributed by atoms with Crippen LogP contribution in [0.3, 0.4) is 0 Å². The van der Waals surface area contributed by atoms with Crippen LogP contribution in [-0.4, -0.2) is 206 Å². The van der Waals surface area contributed by atoms with Gasteiger partial charge in [-0.15, -0.1) is 0 Å². The Kier molecular flexibility index (Phi) is 25.6. The second-order valence-electron chi connectivity index (χ2n) is 12.1. The molecule has 0 bridgehead atoms. The molecule has 0 aromatic carbocycles. The second kappa shape index (κ2) is 29.1. The molecular weight excluding hydrogens is 795 g/mol. The van der Waals surface area contributed by atoms with Crippen molar-refractivity contribution in [2.45, 2.75) is 25.7 Å². The van der Waals surface area contributed by atoms with E-state index in [9.17, 15) is 72.2 Å². The van der Waals surface area contributed by atoms with E-state index in [2.05, 4.69) is 31.9 Å². The summed E-state index contributed by atoms with van der Waals surface area (Å²) in [7, 11) is 1.41. The lowest BCUT2D eigenvalue weighted by atomic mass is 9.97. The van der Waals surface area contributed by atoms with Crippen molar-refractivity contribution in [1.29, 1.82) is 0 Å². The van der Waals surface area contributed by atoms with Gasteiger partial charge in [-0.05, 0) is 19.3 Å². The number of amides is 10. The minimum atomic E-state index is -1.53. The first kappa shape index (κ1) is 51.8. The minimum Gasteiger partial charge on any atom is -0.480 e.